The fourth-order valence-corrected chi connectivity index (χ4v) is 3.13. The van der Waals surface area contributed by atoms with Crippen LogP contribution in [0.4, 0.5) is 0 Å². The van der Waals surface area contributed by atoms with E-state index in [1.807, 2.05) is 0 Å². The predicted octanol–water partition coefficient (Wildman–Crippen LogP) is 4.15. The Bertz CT molecular complexity index is 868. The fraction of sp³-hybridized carbons (Fsp3) is 0.278. The van der Waals surface area contributed by atoms with Crippen molar-refractivity contribution in [3.8, 4) is 0 Å². The van der Waals surface area contributed by atoms with Gasteiger partial charge in [-0.3, -0.25) is 4.79 Å². The van der Waals surface area contributed by atoms with Crippen molar-refractivity contribution < 1.29 is 23.9 Å². The van der Waals surface area contributed by atoms with Gasteiger partial charge < -0.3 is 14.5 Å². The second-order valence-corrected chi connectivity index (χ2v) is 6.44. The zero-order valence-electron chi connectivity index (χ0n) is 14.6. The number of hydrogen-bond donors (Lipinski definition) is 1. The molecule has 138 valence electrons. The van der Waals surface area contributed by atoms with Crippen LogP contribution < -0.4 is 0 Å². The molecule has 1 N–H and O–H groups in total. The first kappa shape index (κ1) is 20.0. The summed E-state index contributed by atoms with van der Waals surface area (Å²) in [4.78, 5) is 39.6. The molecule has 1 atom stereocenters. The number of Topliss-reactive ketones (excluding diaryl/α,β-unsaturated/α-hetero) is 1. The molecular formula is C18H17Cl2NO5. The van der Waals surface area contributed by atoms with Crippen LogP contribution in [0.5, 0.6) is 0 Å². The number of aryl methyl sites for hydroxylation is 1. The molecule has 1 aromatic heterocycles. The largest absolute Gasteiger partial charge is 0.465 e. The first-order chi connectivity index (χ1) is 12.2. The Morgan fingerprint density at radius 1 is 1.04 bits per heavy atom. The van der Waals surface area contributed by atoms with Gasteiger partial charge in [0.25, 0.3) is 0 Å². The normalized spacial score (nSPS) is 11.8. The Hall–Kier alpha value is -2.31. The van der Waals surface area contributed by atoms with Crippen molar-refractivity contribution in [1.82, 2.24) is 4.98 Å². The Morgan fingerprint density at radius 2 is 1.62 bits per heavy atom. The number of ether oxygens (including phenoxy) is 2. The van der Waals surface area contributed by atoms with Crippen LogP contribution in [-0.4, -0.2) is 35.9 Å². The number of esters is 2. The Kier molecular flexibility index (Phi) is 6.10. The van der Waals surface area contributed by atoms with Gasteiger partial charge in [-0.15, -0.1) is 0 Å². The minimum Gasteiger partial charge on any atom is -0.465 e. The molecule has 6 nitrogen and oxygen atoms in total. The van der Waals surface area contributed by atoms with Crippen LogP contribution in [0.15, 0.2) is 18.2 Å². The number of hydrogen-bond acceptors (Lipinski definition) is 5. The van der Waals surface area contributed by atoms with E-state index in [1.165, 1.54) is 26.2 Å². The number of aromatic nitrogens is 1. The molecular weight excluding hydrogens is 381 g/mol. The third kappa shape index (κ3) is 3.76. The predicted molar refractivity (Wildman–Crippen MR) is 97.3 cm³/mol. The number of carbonyl (C=O) groups is 3. The molecule has 1 aromatic carbocycles. The molecule has 1 heterocycles. The van der Waals surface area contributed by atoms with Crippen LogP contribution in [0.2, 0.25) is 10.0 Å². The molecule has 0 saturated heterocycles. The van der Waals surface area contributed by atoms with Gasteiger partial charge in [-0.2, -0.15) is 0 Å². The lowest BCUT2D eigenvalue weighted by atomic mass is 10.1. The smallest absolute Gasteiger partial charge is 0.341 e. The second-order valence-electron chi connectivity index (χ2n) is 5.63. The van der Waals surface area contributed by atoms with Gasteiger partial charge in [0.05, 0.1) is 34.0 Å². The van der Waals surface area contributed by atoms with Gasteiger partial charge in [0.2, 0.25) is 5.78 Å². The van der Waals surface area contributed by atoms with Gasteiger partial charge in [0.15, 0.2) is 6.10 Å². The molecule has 0 aliphatic carbocycles. The lowest BCUT2D eigenvalue weighted by Gasteiger charge is -2.13. The zero-order valence-corrected chi connectivity index (χ0v) is 16.1. The van der Waals surface area contributed by atoms with Crippen molar-refractivity contribution in [3.05, 3.63) is 56.3 Å². The number of H-pyrrole nitrogens is 1. The molecule has 0 amide bonds. The SMILES string of the molecule is COC(=O)c1c(C)[nH]c(C(=O)[C@@H](C)OC(=O)c2c(Cl)cccc2Cl)c1C. The summed E-state index contributed by atoms with van der Waals surface area (Å²) in [7, 11) is 1.26. The summed E-state index contributed by atoms with van der Waals surface area (Å²) in [5.41, 5.74) is 1.37. The molecule has 0 unspecified atom stereocenters. The number of rotatable bonds is 5. The average Bonchev–Trinajstić information content (AvgIpc) is 2.87. The molecule has 0 spiro atoms. The maximum Gasteiger partial charge on any atom is 0.341 e. The summed E-state index contributed by atoms with van der Waals surface area (Å²) in [5.74, 6) is -1.85. The second kappa shape index (κ2) is 7.93. The van der Waals surface area contributed by atoms with Gasteiger partial charge in [0.1, 0.15) is 0 Å². The Morgan fingerprint density at radius 3 is 2.15 bits per heavy atom. The number of aromatic amines is 1. The highest BCUT2D eigenvalue weighted by Crippen LogP contribution is 2.26. The third-order valence-corrected chi connectivity index (χ3v) is 4.52. The highest BCUT2D eigenvalue weighted by molar-refractivity contribution is 6.39. The molecule has 0 saturated carbocycles. The Labute approximate surface area is 160 Å². The van der Waals surface area contributed by atoms with Crippen molar-refractivity contribution in [2.75, 3.05) is 7.11 Å². The van der Waals surface area contributed by atoms with Gasteiger partial charge in [0, 0.05) is 5.69 Å². The van der Waals surface area contributed by atoms with E-state index in [4.69, 9.17) is 32.7 Å². The summed E-state index contributed by atoms with van der Waals surface area (Å²) < 4.78 is 9.93. The molecule has 0 aliphatic heterocycles. The van der Waals surface area contributed by atoms with Gasteiger partial charge in [-0.25, -0.2) is 9.59 Å². The van der Waals surface area contributed by atoms with Crippen molar-refractivity contribution in [2.24, 2.45) is 0 Å². The van der Waals surface area contributed by atoms with Crippen molar-refractivity contribution >= 4 is 40.9 Å². The molecule has 8 heteroatoms. The molecule has 0 aliphatic rings. The maximum atomic E-state index is 12.7. The van der Waals surface area contributed by atoms with Crippen LogP contribution in [0.1, 0.15) is 49.4 Å². The van der Waals surface area contributed by atoms with E-state index >= 15 is 0 Å². The summed E-state index contributed by atoms with van der Waals surface area (Å²) in [5, 5.41) is 0.254. The molecule has 2 aromatic rings. The average molecular weight is 398 g/mol. The number of benzene rings is 1. The molecule has 0 bridgehead atoms. The number of ketones is 1. The van der Waals surface area contributed by atoms with E-state index in [9.17, 15) is 14.4 Å². The molecule has 0 fully saturated rings. The maximum absolute atomic E-state index is 12.7. The topological polar surface area (TPSA) is 85.5 Å². The first-order valence-electron chi connectivity index (χ1n) is 7.65. The van der Waals surface area contributed by atoms with Gasteiger partial charge in [-0.05, 0) is 38.5 Å². The number of carbonyl (C=O) groups excluding carboxylic acids is 3. The molecule has 26 heavy (non-hydrogen) atoms. The summed E-state index contributed by atoms with van der Waals surface area (Å²) in [6.07, 6.45) is -1.11. The number of nitrogens with one attached hydrogen (secondary N) is 1. The Balaban J connectivity index is 2.26. The van der Waals surface area contributed by atoms with Gasteiger partial charge >= 0.3 is 11.9 Å². The van der Waals surface area contributed by atoms with E-state index in [2.05, 4.69) is 4.98 Å². The van der Waals surface area contributed by atoms with E-state index in [0.717, 1.165) is 0 Å². The van der Waals surface area contributed by atoms with Crippen LogP contribution in [0.25, 0.3) is 0 Å². The standard InChI is InChI=1S/C18H17Cl2NO5/c1-8-13(17(23)25-4)9(2)21-15(8)16(22)10(3)26-18(24)14-11(19)6-5-7-12(14)20/h5-7,10,21H,1-4H3/t10-/m1/s1. The van der Waals surface area contributed by atoms with E-state index in [0.29, 0.717) is 11.3 Å². The highest BCUT2D eigenvalue weighted by atomic mass is 35.5. The van der Waals surface area contributed by atoms with Crippen LogP contribution >= 0.6 is 23.2 Å². The minimum absolute atomic E-state index is 0.00915. The monoisotopic (exact) mass is 397 g/mol. The van der Waals surface area contributed by atoms with Crippen LogP contribution in [-0.2, 0) is 9.47 Å². The van der Waals surface area contributed by atoms with Crippen LogP contribution in [0.3, 0.4) is 0 Å². The lowest BCUT2D eigenvalue weighted by molar-refractivity contribution is 0.0317. The summed E-state index contributed by atoms with van der Waals surface area (Å²) in [6, 6.07) is 4.59. The summed E-state index contributed by atoms with van der Waals surface area (Å²) >= 11 is 12.0. The van der Waals surface area contributed by atoms with Crippen molar-refractivity contribution in [3.63, 3.8) is 0 Å². The molecule has 0 radical (unpaired) electrons. The van der Waals surface area contributed by atoms with E-state index in [1.54, 1.807) is 19.9 Å². The van der Waals surface area contributed by atoms with Gasteiger partial charge in [-0.1, -0.05) is 29.3 Å². The number of methoxy groups -OCH3 is 1. The lowest BCUT2D eigenvalue weighted by Crippen LogP contribution is -2.25. The fourth-order valence-electron chi connectivity index (χ4n) is 2.57. The van der Waals surface area contributed by atoms with E-state index < -0.39 is 23.8 Å². The summed E-state index contributed by atoms with van der Waals surface area (Å²) in [6.45, 7) is 4.69. The van der Waals surface area contributed by atoms with E-state index in [-0.39, 0.29) is 26.9 Å². The first-order valence-corrected chi connectivity index (χ1v) is 8.41. The zero-order chi connectivity index (χ0) is 19.6. The molecule has 2 rings (SSSR count). The van der Waals surface area contributed by atoms with Crippen LogP contribution in [0, 0.1) is 13.8 Å². The van der Waals surface area contributed by atoms with Crippen molar-refractivity contribution in [2.45, 2.75) is 26.9 Å². The number of halogens is 2. The third-order valence-electron chi connectivity index (χ3n) is 3.89. The van der Waals surface area contributed by atoms with Crippen molar-refractivity contribution in [1.29, 1.82) is 0 Å². The highest BCUT2D eigenvalue weighted by Gasteiger charge is 2.28. The quantitative estimate of drug-likeness (QED) is 0.604. The minimum atomic E-state index is -1.11.